The average molecular weight is 235 g/mol. The van der Waals surface area contributed by atoms with Gasteiger partial charge in [0, 0.05) is 12.1 Å². The molecule has 0 saturated carbocycles. The zero-order chi connectivity index (χ0) is 12.8. The molecule has 0 radical (unpaired) electrons. The molecule has 1 aromatic carbocycles. The van der Waals surface area contributed by atoms with Gasteiger partial charge in [0.25, 0.3) is 0 Å². The van der Waals surface area contributed by atoms with Gasteiger partial charge >= 0.3 is 0 Å². The fourth-order valence-corrected chi connectivity index (χ4v) is 2.25. The van der Waals surface area contributed by atoms with E-state index in [-0.39, 0.29) is 6.04 Å². The van der Waals surface area contributed by atoms with Gasteiger partial charge in [0.05, 0.1) is 6.10 Å². The molecule has 0 heterocycles. The predicted molar refractivity (Wildman–Crippen MR) is 72.9 cm³/mol. The van der Waals surface area contributed by atoms with E-state index in [9.17, 15) is 5.11 Å². The van der Waals surface area contributed by atoms with Crippen molar-refractivity contribution in [2.45, 2.75) is 52.3 Å². The maximum absolute atomic E-state index is 10.2. The summed E-state index contributed by atoms with van der Waals surface area (Å²) in [6.07, 6.45) is 0.692. The maximum atomic E-state index is 10.2. The number of benzene rings is 1. The van der Waals surface area contributed by atoms with Crippen LogP contribution in [0.5, 0.6) is 0 Å². The molecular weight excluding hydrogens is 210 g/mol. The van der Waals surface area contributed by atoms with Gasteiger partial charge in [-0.25, -0.2) is 0 Å². The quantitative estimate of drug-likeness (QED) is 0.794. The molecule has 2 N–H and O–H groups in total. The first-order valence-electron chi connectivity index (χ1n) is 6.49. The van der Waals surface area contributed by atoms with Gasteiger partial charge in [-0.3, -0.25) is 0 Å². The minimum absolute atomic E-state index is 0.0751. The van der Waals surface area contributed by atoms with Crippen molar-refractivity contribution in [2.75, 3.05) is 0 Å². The third-order valence-corrected chi connectivity index (χ3v) is 2.99. The van der Waals surface area contributed by atoms with E-state index in [1.807, 2.05) is 37.3 Å². The highest BCUT2D eigenvalue weighted by Gasteiger charge is 2.18. The van der Waals surface area contributed by atoms with E-state index in [0.29, 0.717) is 12.0 Å². The first-order valence-corrected chi connectivity index (χ1v) is 6.49. The number of hydrogen-bond donors (Lipinski definition) is 2. The van der Waals surface area contributed by atoms with Crippen LogP contribution in [0.15, 0.2) is 30.3 Å². The monoisotopic (exact) mass is 235 g/mol. The Morgan fingerprint density at radius 2 is 1.65 bits per heavy atom. The normalized spacial score (nSPS) is 16.8. The van der Waals surface area contributed by atoms with E-state index >= 15 is 0 Å². The highest BCUT2D eigenvalue weighted by Crippen LogP contribution is 2.17. The molecule has 0 aliphatic carbocycles. The Morgan fingerprint density at radius 3 is 2.18 bits per heavy atom. The van der Waals surface area contributed by atoms with Crippen LogP contribution in [0, 0.1) is 5.92 Å². The predicted octanol–water partition coefficient (Wildman–Crippen LogP) is 3.13. The number of rotatable bonds is 6. The van der Waals surface area contributed by atoms with E-state index in [1.54, 1.807) is 0 Å². The molecular formula is C15H25NO. The van der Waals surface area contributed by atoms with E-state index in [2.05, 4.69) is 26.1 Å². The van der Waals surface area contributed by atoms with Gasteiger partial charge in [-0.15, -0.1) is 0 Å². The van der Waals surface area contributed by atoms with Crippen LogP contribution in [0.3, 0.4) is 0 Å². The molecule has 0 aliphatic rings. The summed E-state index contributed by atoms with van der Waals surface area (Å²) in [5.41, 5.74) is 0.976. The summed E-state index contributed by atoms with van der Waals surface area (Å²) in [5, 5.41) is 13.7. The average Bonchev–Trinajstić information content (AvgIpc) is 2.28. The van der Waals surface area contributed by atoms with Gasteiger partial charge in [-0.05, 0) is 31.7 Å². The second kappa shape index (κ2) is 6.77. The number of hydrogen-bond acceptors (Lipinski definition) is 2. The van der Waals surface area contributed by atoms with Crippen LogP contribution in [0.2, 0.25) is 0 Å². The first kappa shape index (κ1) is 14.2. The largest absolute Gasteiger partial charge is 0.387 e. The summed E-state index contributed by atoms with van der Waals surface area (Å²) in [5.74, 6) is 0.679. The molecule has 1 aromatic rings. The van der Waals surface area contributed by atoms with E-state index < -0.39 is 6.10 Å². The van der Waals surface area contributed by atoms with Gasteiger partial charge in [-0.2, -0.15) is 0 Å². The van der Waals surface area contributed by atoms with E-state index in [1.165, 1.54) is 0 Å². The van der Waals surface area contributed by atoms with Gasteiger partial charge in [0.2, 0.25) is 0 Å². The zero-order valence-corrected chi connectivity index (χ0v) is 11.4. The molecule has 3 atom stereocenters. The Morgan fingerprint density at radius 1 is 1.06 bits per heavy atom. The van der Waals surface area contributed by atoms with Crippen LogP contribution in [-0.4, -0.2) is 17.2 Å². The maximum Gasteiger partial charge on any atom is 0.0940 e. The summed E-state index contributed by atoms with van der Waals surface area (Å²) in [6, 6.07) is 10.3. The van der Waals surface area contributed by atoms with Gasteiger partial charge in [0.15, 0.2) is 0 Å². The topological polar surface area (TPSA) is 32.3 Å². The lowest BCUT2D eigenvalue weighted by Gasteiger charge is -2.25. The van der Waals surface area contributed by atoms with Gasteiger partial charge < -0.3 is 10.4 Å². The Hall–Kier alpha value is -0.860. The van der Waals surface area contributed by atoms with E-state index in [4.69, 9.17) is 0 Å². The van der Waals surface area contributed by atoms with Crippen LogP contribution in [0.4, 0.5) is 0 Å². The number of aliphatic hydroxyl groups is 1. The number of nitrogens with one attached hydrogen (secondary N) is 1. The van der Waals surface area contributed by atoms with Crippen LogP contribution in [0.25, 0.3) is 0 Å². The van der Waals surface area contributed by atoms with Crippen molar-refractivity contribution >= 4 is 0 Å². The zero-order valence-electron chi connectivity index (χ0n) is 11.4. The molecule has 0 saturated heterocycles. The second-order valence-corrected chi connectivity index (χ2v) is 5.34. The minimum Gasteiger partial charge on any atom is -0.387 e. The van der Waals surface area contributed by atoms with Crippen LogP contribution >= 0.6 is 0 Å². The Bertz CT molecular complexity index is 310. The number of aliphatic hydroxyl groups excluding tert-OH is 1. The van der Waals surface area contributed by atoms with Gasteiger partial charge in [-0.1, -0.05) is 44.2 Å². The molecule has 2 heteroatoms. The summed E-state index contributed by atoms with van der Waals surface area (Å²) >= 11 is 0. The summed E-state index contributed by atoms with van der Waals surface area (Å²) in [6.45, 7) is 8.65. The standard InChI is InChI=1S/C15H25NO/c1-11(2)10-12(3)16-13(4)15(17)14-8-6-5-7-9-14/h5-9,11-13,15-17H,10H2,1-4H3/t12-,13+,15+/m0/s1. The molecule has 2 nitrogen and oxygen atoms in total. The highest BCUT2D eigenvalue weighted by atomic mass is 16.3. The summed E-state index contributed by atoms with van der Waals surface area (Å²) < 4.78 is 0. The Kier molecular flexibility index (Phi) is 5.66. The highest BCUT2D eigenvalue weighted by molar-refractivity contribution is 5.18. The third kappa shape index (κ3) is 4.88. The minimum atomic E-state index is -0.439. The van der Waals surface area contributed by atoms with Gasteiger partial charge in [0.1, 0.15) is 0 Å². The Balaban J connectivity index is 2.50. The third-order valence-electron chi connectivity index (χ3n) is 2.99. The molecule has 17 heavy (non-hydrogen) atoms. The lowest BCUT2D eigenvalue weighted by molar-refractivity contribution is 0.128. The molecule has 0 fully saturated rings. The van der Waals surface area contributed by atoms with Crippen molar-refractivity contribution in [1.82, 2.24) is 5.32 Å². The SMILES string of the molecule is CC(C)C[C@H](C)N[C@H](C)[C@@H](O)c1ccccc1. The van der Waals surface area contributed by atoms with Crippen molar-refractivity contribution in [2.24, 2.45) is 5.92 Å². The lowest BCUT2D eigenvalue weighted by atomic mass is 10.0. The molecule has 0 amide bonds. The van der Waals surface area contributed by atoms with Crippen molar-refractivity contribution in [3.8, 4) is 0 Å². The molecule has 1 rings (SSSR count). The smallest absolute Gasteiger partial charge is 0.0940 e. The fourth-order valence-electron chi connectivity index (χ4n) is 2.25. The Labute approximate surface area is 105 Å². The molecule has 0 aliphatic heterocycles. The second-order valence-electron chi connectivity index (χ2n) is 5.34. The fraction of sp³-hybridized carbons (Fsp3) is 0.600. The summed E-state index contributed by atoms with van der Waals surface area (Å²) in [7, 11) is 0. The van der Waals surface area contributed by atoms with Crippen LogP contribution < -0.4 is 5.32 Å². The lowest BCUT2D eigenvalue weighted by Crippen LogP contribution is -2.39. The molecule has 0 unspecified atom stereocenters. The molecule has 0 spiro atoms. The van der Waals surface area contributed by atoms with Crippen LogP contribution in [0.1, 0.15) is 45.8 Å². The van der Waals surface area contributed by atoms with Crippen molar-refractivity contribution in [1.29, 1.82) is 0 Å². The summed E-state index contributed by atoms with van der Waals surface area (Å²) in [4.78, 5) is 0. The van der Waals surface area contributed by atoms with E-state index in [0.717, 1.165) is 12.0 Å². The molecule has 96 valence electrons. The van der Waals surface area contributed by atoms with Crippen LogP contribution in [-0.2, 0) is 0 Å². The van der Waals surface area contributed by atoms with Crippen molar-refractivity contribution in [3.63, 3.8) is 0 Å². The van der Waals surface area contributed by atoms with Crippen molar-refractivity contribution in [3.05, 3.63) is 35.9 Å². The molecule has 0 aromatic heterocycles. The van der Waals surface area contributed by atoms with Crippen molar-refractivity contribution < 1.29 is 5.11 Å². The molecule has 0 bridgehead atoms. The first-order chi connectivity index (χ1) is 8.00.